The van der Waals surface area contributed by atoms with E-state index in [0.29, 0.717) is 28.4 Å². The Morgan fingerprint density at radius 2 is 1.97 bits per heavy atom. The van der Waals surface area contributed by atoms with Gasteiger partial charge in [-0.2, -0.15) is 10.5 Å². The number of carbonyl (C=O) groups is 1. The summed E-state index contributed by atoms with van der Waals surface area (Å²) in [6.07, 6.45) is 0.807. The number of aliphatic imine (C=N–C) groups is 1. The quantitative estimate of drug-likeness (QED) is 0.250. The Morgan fingerprint density at radius 1 is 1.21 bits per heavy atom. The molecule has 1 aromatic carbocycles. The molecule has 0 spiro atoms. The fourth-order valence-corrected chi connectivity index (χ4v) is 3.38. The van der Waals surface area contributed by atoms with Crippen molar-refractivity contribution in [2.45, 2.75) is 19.8 Å². The van der Waals surface area contributed by atoms with E-state index in [2.05, 4.69) is 16.8 Å². The lowest BCUT2D eigenvalue weighted by molar-refractivity contribution is -0.114. The number of primary amides is 1. The number of hydrogen-bond donors (Lipinski definition) is 2. The van der Waals surface area contributed by atoms with Crippen molar-refractivity contribution in [3.63, 3.8) is 0 Å². The summed E-state index contributed by atoms with van der Waals surface area (Å²) in [5.74, 6) is 4.95. The molecule has 0 unspecified atom stereocenters. The van der Waals surface area contributed by atoms with Crippen molar-refractivity contribution in [3.05, 3.63) is 61.9 Å². The van der Waals surface area contributed by atoms with E-state index < -0.39 is 5.91 Å². The fraction of sp³-hybridized carbons (Fsp3) is 0.143. The second-order valence-electron chi connectivity index (χ2n) is 5.80. The fourth-order valence-electron chi connectivity index (χ4n) is 2.22. The third kappa shape index (κ3) is 5.70. The molecule has 2 rings (SSSR count). The van der Waals surface area contributed by atoms with E-state index in [0.717, 1.165) is 10.4 Å². The lowest BCUT2D eigenvalue weighted by Crippen LogP contribution is -2.24. The molecule has 0 radical (unpaired) electrons. The first kappa shape index (κ1) is 21.7. The second kappa shape index (κ2) is 10.1. The van der Waals surface area contributed by atoms with Gasteiger partial charge in [-0.15, -0.1) is 11.3 Å². The Hall–Kier alpha value is -3.57. The molecule has 1 amide bonds. The minimum atomic E-state index is -0.919. The highest BCUT2D eigenvalue weighted by atomic mass is 35.5. The lowest BCUT2D eigenvalue weighted by Gasteiger charge is -2.07. The molecule has 0 aliphatic heterocycles. The molecule has 0 bridgehead atoms. The molecule has 0 aliphatic rings. The number of hydrogen-bond acceptors (Lipinski definition) is 6. The second-order valence-corrected chi connectivity index (χ2v) is 7.29. The summed E-state index contributed by atoms with van der Waals surface area (Å²) >= 11 is 7.56. The van der Waals surface area contributed by atoms with Crippen LogP contribution >= 0.6 is 22.9 Å². The van der Waals surface area contributed by atoms with E-state index in [1.807, 2.05) is 25.1 Å². The maximum atomic E-state index is 11.6. The third-order valence-corrected chi connectivity index (χ3v) is 4.94. The number of aryl methyl sites for hydroxylation is 1. The van der Waals surface area contributed by atoms with Gasteiger partial charge in [-0.1, -0.05) is 29.5 Å². The molecule has 0 atom stereocenters. The van der Waals surface area contributed by atoms with Crippen molar-refractivity contribution in [3.8, 4) is 24.0 Å². The van der Waals surface area contributed by atoms with Crippen LogP contribution in [0.5, 0.6) is 0 Å². The van der Waals surface area contributed by atoms with Crippen LogP contribution in [0.15, 0.2) is 46.6 Å². The number of thiophene rings is 1. The lowest BCUT2D eigenvalue weighted by atomic mass is 10.1. The number of nitriles is 2. The Morgan fingerprint density at radius 3 is 2.59 bits per heavy atom. The van der Waals surface area contributed by atoms with Crippen molar-refractivity contribution in [2.75, 3.05) is 0 Å². The van der Waals surface area contributed by atoms with Gasteiger partial charge < -0.3 is 11.5 Å². The van der Waals surface area contributed by atoms with Crippen LogP contribution in [0.1, 0.15) is 28.2 Å². The summed E-state index contributed by atoms with van der Waals surface area (Å²) in [5.41, 5.74) is 12.1. The van der Waals surface area contributed by atoms with Crippen molar-refractivity contribution in [2.24, 2.45) is 16.5 Å². The summed E-state index contributed by atoms with van der Waals surface area (Å²) in [5, 5.41) is 18.6. The van der Waals surface area contributed by atoms with E-state index in [9.17, 15) is 10.1 Å². The molecule has 4 N–H and O–H groups in total. The van der Waals surface area contributed by atoms with Crippen LogP contribution in [-0.2, 0) is 4.79 Å². The maximum absolute atomic E-state index is 11.6. The number of benzene rings is 1. The zero-order valence-corrected chi connectivity index (χ0v) is 17.1. The maximum Gasteiger partial charge on any atom is 0.266 e. The number of nitrogens with two attached hydrogens (primary N) is 2. The van der Waals surface area contributed by atoms with Crippen molar-refractivity contribution in [1.82, 2.24) is 0 Å². The van der Waals surface area contributed by atoms with Gasteiger partial charge in [0.2, 0.25) is 0 Å². The predicted octanol–water partition coefficient (Wildman–Crippen LogP) is 3.71. The SMILES string of the molecule is Cc1ccc(N=C(C(C#N)=C(N)C(N)=O)c2ccc(C#CCCC#N)s2)c(Cl)c1. The topological polar surface area (TPSA) is 129 Å². The Balaban J connectivity index is 2.61. The van der Waals surface area contributed by atoms with Crippen LogP contribution in [0.3, 0.4) is 0 Å². The third-order valence-electron chi connectivity index (χ3n) is 3.63. The summed E-state index contributed by atoms with van der Waals surface area (Å²) in [7, 11) is 0. The van der Waals surface area contributed by atoms with Gasteiger partial charge in [-0.25, -0.2) is 4.99 Å². The first-order valence-corrected chi connectivity index (χ1v) is 9.57. The zero-order chi connectivity index (χ0) is 21.4. The van der Waals surface area contributed by atoms with E-state index in [1.165, 1.54) is 11.3 Å². The van der Waals surface area contributed by atoms with Crippen molar-refractivity contribution >= 4 is 40.2 Å². The molecule has 1 aromatic heterocycles. The summed E-state index contributed by atoms with van der Waals surface area (Å²) < 4.78 is 0. The highest BCUT2D eigenvalue weighted by Gasteiger charge is 2.19. The van der Waals surface area contributed by atoms with Gasteiger partial charge in [-0.3, -0.25) is 4.79 Å². The van der Waals surface area contributed by atoms with E-state index >= 15 is 0 Å². The molecule has 1 heterocycles. The van der Waals surface area contributed by atoms with Crippen LogP contribution in [0.4, 0.5) is 5.69 Å². The molecule has 0 saturated carbocycles. The predicted molar refractivity (Wildman–Crippen MR) is 114 cm³/mol. The number of nitrogens with zero attached hydrogens (tertiary/aromatic N) is 3. The standard InChI is InChI=1S/C21H16ClN5OS/c1-13-6-8-17(16(22)11-13)27-20(15(12-24)19(25)21(26)28)18-9-7-14(29-18)5-3-2-4-10-23/h6-9,11H,2,4,25H2,1H3,(H2,26,28). The largest absolute Gasteiger partial charge is 0.393 e. The monoisotopic (exact) mass is 421 g/mol. The average Bonchev–Trinajstić information content (AvgIpc) is 3.15. The van der Waals surface area contributed by atoms with Gasteiger partial charge >= 0.3 is 0 Å². The van der Waals surface area contributed by atoms with Gasteiger partial charge in [0.25, 0.3) is 5.91 Å². The normalized spacial score (nSPS) is 11.5. The van der Waals surface area contributed by atoms with Crippen LogP contribution in [0.2, 0.25) is 5.02 Å². The van der Waals surface area contributed by atoms with Gasteiger partial charge in [0.15, 0.2) is 0 Å². The minimum absolute atomic E-state index is 0.139. The Bertz CT molecular complexity index is 1150. The molecule has 0 fully saturated rings. The number of unbranched alkanes of at least 4 members (excludes halogenated alkanes) is 1. The molecule has 29 heavy (non-hydrogen) atoms. The van der Waals surface area contributed by atoms with Crippen LogP contribution in [0, 0.1) is 41.4 Å². The van der Waals surface area contributed by atoms with Crippen LogP contribution < -0.4 is 11.5 Å². The van der Waals surface area contributed by atoms with Crippen molar-refractivity contribution < 1.29 is 4.79 Å². The van der Waals surface area contributed by atoms with E-state index in [-0.39, 0.29) is 17.0 Å². The first-order valence-electron chi connectivity index (χ1n) is 8.38. The van der Waals surface area contributed by atoms with Gasteiger partial charge in [0, 0.05) is 12.8 Å². The highest BCUT2D eigenvalue weighted by Crippen LogP contribution is 2.29. The van der Waals surface area contributed by atoms with E-state index in [1.54, 1.807) is 24.3 Å². The average molecular weight is 422 g/mol. The van der Waals surface area contributed by atoms with Gasteiger partial charge in [-0.05, 0) is 36.8 Å². The number of carbonyl (C=O) groups excluding carboxylic acids is 1. The minimum Gasteiger partial charge on any atom is -0.393 e. The van der Waals surface area contributed by atoms with Gasteiger partial charge in [0.1, 0.15) is 23.1 Å². The van der Waals surface area contributed by atoms with Crippen LogP contribution in [0.25, 0.3) is 0 Å². The number of allylic oxidation sites excluding steroid dienone is 1. The highest BCUT2D eigenvalue weighted by molar-refractivity contribution is 7.14. The number of rotatable bonds is 5. The van der Waals surface area contributed by atoms with Gasteiger partial charge in [0.05, 0.1) is 26.5 Å². The molecular weight excluding hydrogens is 406 g/mol. The summed E-state index contributed by atoms with van der Waals surface area (Å²) in [6.45, 7) is 1.89. The Kier molecular flexibility index (Phi) is 7.57. The molecular formula is C21H16ClN5OS. The molecule has 144 valence electrons. The molecule has 0 aliphatic carbocycles. The molecule has 2 aromatic rings. The Labute approximate surface area is 177 Å². The van der Waals surface area contributed by atoms with Crippen molar-refractivity contribution in [1.29, 1.82) is 10.5 Å². The smallest absolute Gasteiger partial charge is 0.266 e. The molecule has 0 saturated heterocycles. The van der Waals surface area contributed by atoms with E-state index in [4.69, 9.17) is 28.3 Å². The number of halogens is 1. The first-order chi connectivity index (χ1) is 13.9. The number of amides is 1. The molecule has 8 heteroatoms. The summed E-state index contributed by atoms with van der Waals surface area (Å²) in [4.78, 5) is 17.4. The summed E-state index contributed by atoms with van der Waals surface area (Å²) in [6, 6.07) is 12.7. The van der Waals surface area contributed by atoms with Crippen LogP contribution in [-0.4, -0.2) is 11.6 Å². The molecule has 6 nitrogen and oxygen atoms in total. The zero-order valence-electron chi connectivity index (χ0n) is 15.5.